The number of rotatable bonds is 7. The van der Waals surface area contributed by atoms with Crippen LogP contribution in [0.4, 0.5) is 5.82 Å². The van der Waals surface area contributed by atoms with E-state index in [1.54, 1.807) is 24.9 Å². The molecule has 3 rings (SSSR count). The Balaban J connectivity index is 2.18. The van der Waals surface area contributed by atoms with Crippen LogP contribution in [0.2, 0.25) is 0 Å². The average Bonchev–Trinajstić information content (AvgIpc) is 3.11. The highest BCUT2D eigenvalue weighted by molar-refractivity contribution is 9.11. The van der Waals surface area contributed by atoms with E-state index in [4.69, 9.17) is 14.5 Å². The van der Waals surface area contributed by atoms with Crippen molar-refractivity contribution in [2.24, 2.45) is 0 Å². The van der Waals surface area contributed by atoms with Crippen LogP contribution in [-0.2, 0) is 0 Å². The highest BCUT2D eigenvalue weighted by atomic mass is 79.9. The number of allylic oxidation sites excluding steroid dienone is 2. The van der Waals surface area contributed by atoms with Gasteiger partial charge in [-0.2, -0.15) is 9.61 Å². The Morgan fingerprint density at radius 3 is 2.62 bits per heavy atom. The molecule has 0 aliphatic rings. The molecule has 0 saturated heterocycles. The second-order valence-electron chi connectivity index (χ2n) is 6.13. The molecule has 2 aromatic heterocycles. The molecule has 0 unspecified atom stereocenters. The van der Waals surface area contributed by atoms with Gasteiger partial charge in [0.05, 0.1) is 40.6 Å². The van der Waals surface area contributed by atoms with E-state index in [0.717, 1.165) is 20.3 Å². The van der Waals surface area contributed by atoms with Crippen LogP contribution in [0.25, 0.3) is 16.9 Å². The molecule has 1 aromatic carbocycles. The Bertz CT molecular complexity index is 1090. The van der Waals surface area contributed by atoms with Gasteiger partial charge in [-0.15, -0.1) is 0 Å². The third kappa shape index (κ3) is 4.33. The quantitative estimate of drug-likeness (QED) is 0.394. The summed E-state index contributed by atoms with van der Waals surface area (Å²) in [7, 11) is 3.26. The van der Waals surface area contributed by atoms with Gasteiger partial charge in [-0.05, 0) is 63.4 Å². The van der Waals surface area contributed by atoms with Gasteiger partial charge >= 0.3 is 0 Å². The molecule has 0 amide bonds. The van der Waals surface area contributed by atoms with E-state index < -0.39 is 0 Å². The summed E-state index contributed by atoms with van der Waals surface area (Å²) in [5.41, 5.74) is 3.34. The number of hydrogen-bond acceptors (Lipinski definition) is 5. The van der Waals surface area contributed by atoms with E-state index in [1.165, 1.54) is 5.57 Å². The smallest absolute Gasteiger partial charge is 0.172 e. The minimum atomic E-state index is 0.656. The van der Waals surface area contributed by atoms with Crippen molar-refractivity contribution >= 4 is 43.3 Å². The first-order valence-corrected chi connectivity index (χ1v) is 10.6. The molecule has 0 atom stereocenters. The van der Waals surface area contributed by atoms with Crippen LogP contribution in [0.3, 0.4) is 0 Å². The minimum absolute atomic E-state index is 0.656. The summed E-state index contributed by atoms with van der Waals surface area (Å²) in [6.45, 7) is 4.68. The van der Waals surface area contributed by atoms with Crippen molar-refractivity contribution in [3.8, 4) is 22.8 Å². The van der Waals surface area contributed by atoms with Gasteiger partial charge in [0.15, 0.2) is 5.65 Å². The topological polar surface area (TPSA) is 60.7 Å². The number of benzene rings is 1. The lowest BCUT2D eigenvalue weighted by molar-refractivity contribution is 0.395. The van der Waals surface area contributed by atoms with Gasteiger partial charge in [-0.1, -0.05) is 18.2 Å². The van der Waals surface area contributed by atoms with E-state index in [2.05, 4.69) is 54.4 Å². The van der Waals surface area contributed by atoms with E-state index in [0.29, 0.717) is 29.4 Å². The largest absolute Gasteiger partial charge is 0.496 e. The van der Waals surface area contributed by atoms with Crippen LogP contribution in [0.5, 0.6) is 11.5 Å². The number of aromatic nitrogens is 3. The van der Waals surface area contributed by atoms with Crippen LogP contribution in [0, 0.1) is 0 Å². The number of hydrogen-bond donors (Lipinski definition) is 1. The Morgan fingerprint density at radius 2 is 1.97 bits per heavy atom. The first-order valence-electron chi connectivity index (χ1n) is 9.00. The molecule has 29 heavy (non-hydrogen) atoms. The van der Waals surface area contributed by atoms with Gasteiger partial charge in [0, 0.05) is 12.6 Å². The molecule has 0 fully saturated rings. The van der Waals surface area contributed by atoms with Gasteiger partial charge in [0.25, 0.3) is 0 Å². The highest BCUT2D eigenvalue weighted by Gasteiger charge is 2.20. The van der Waals surface area contributed by atoms with Crippen LogP contribution < -0.4 is 14.8 Å². The summed E-state index contributed by atoms with van der Waals surface area (Å²) >= 11 is 7.10. The fourth-order valence-corrected chi connectivity index (χ4v) is 3.85. The Hall–Kier alpha value is -2.32. The van der Waals surface area contributed by atoms with Crippen molar-refractivity contribution in [1.29, 1.82) is 0 Å². The van der Waals surface area contributed by atoms with E-state index >= 15 is 0 Å². The first-order chi connectivity index (χ1) is 14.0. The second kappa shape index (κ2) is 9.45. The molecule has 0 aliphatic carbocycles. The van der Waals surface area contributed by atoms with Crippen molar-refractivity contribution in [3.63, 3.8) is 0 Å². The number of fused-ring (bicyclic) bond motifs is 1. The average molecular weight is 522 g/mol. The summed E-state index contributed by atoms with van der Waals surface area (Å²) in [5, 5.41) is 7.90. The molecule has 0 saturated carbocycles. The van der Waals surface area contributed by atoms with Crippen molar-refractivity contribution < 1.29 is 9.47 Å². The zero-order valence-electron chi connectivity index (χ0n) is 16.7. The van der Waals surface area contributed by atoms with Crippen molar-refractivity contribution in [2.45, 2.75) is 13.8 Å². The molecule has 8 heteroatoms. The first kappa shape index (κ1) is 21.4. The summed E-state index contributed by atoms with van der Waals surface area (Å²) in [4.78, 5) is 4.81. The summed E-state index contributed by atoms with van der Waals surface area (Å²) in [6, 6.07) is 5.72. The van der Waals surface area contributed by atoms with Gasteiger partial charge in [0.1, 0.15) is 17.3 Å². The van der Waals surface area contributed by atoms with Gasteiger partial charge < -0.3 is 14.8 Å². The molecular formula is C21H22Br2N4O2. The van der Waals surface area contributed by atoms with Gasteiger partial charge in [-0.3, -0.25) is 0 Å². The Morgan fingerprint density at radius 1 is 1.17 bits per heavy atom. The predicted octanol–water partition coefficient (Wildman–Crippen LogP) is 5.87. The third-order valence-electron chi connectivity index (χ3n) is 4.41. The summed E-state index contributed by atoms with van der Waals surface area (Å²) in [6.07, 6.45) is 7.90. The maximum Gasteiger partial charge on any atom is 0.172 e. The highest BCUT2D eigenvalue weighted by Crippen LogP contribution is 2.43. The lowest BCUT2D eigenvalue weighted by Gasteiger charge is -2.16. The molecule has 6 nitrogen and oxygen atoms in total. The van der Waals surface area contributed by atoms with Gasteiger partial charge in [0.2, 0.25) is 0 Å². The zero-order valence-corrected chi connectivity index (χ0v) is 19.8. The van der Waals surface area contributed by atoms with E-state index in [1.807, 2.05) is 38.1 Å². The molecule has 1 N–H and O–H groups in total. The Labute approximate surface area is 186 Å². The number of nitrogens with one attached hydrogen (secondary N) is 1. The van der Waals surface area contributed by atoms with Crippen LogP contribution in [-0.4, -0.2) is 35.4 Å². The third-order valence-corrected chi connectivity index (χ3v) is 5.59. The van der Waals surface area contributed by atoms with Crippen molar-refractivity contribution in [2.75, 3.05) is 26.1 Å². The van der Waals surface area contributed by atoms with Crippen molar-refractivity contribution in [3.05, 3.63) is 57.1 Å². The maximum atomic E-state index is 5.64. The molecule has 0 radical (unpaired) electrons. The second-order valence-corrected chi connectivity index (χ2v) is 7.84. The van der Waals surface area contributed by atoms with Crippen molar-refractivity contribution in [1.82, 2.24) is 14.6 Å². The molecule has 152 valence electrons. The summed E-state index contributed by atoms with van der Waals surface area (Å²) in [5.74, 6) is 2.14. The molecule has 3 aromatic rings. The predicted molar refractivity (Wildman–Crippen MR) is 124 cm³/mol. The fourth-order valence-electron chi connectivity index (χ4n) is 3.01. The molecule has 0 aliphatic heterocycles. The van der Waals surface area contributed by atoms with Crippen LogP contribution in [0.1, 0.15) is 13.8 Å². The van der Waals surface area contributed by atoms with Crippen LogP contribution >= 0.6 is 31.9 Å². The normalized spacial score (nSPS) is 12.0. The lowest BCUT2D eigenvalue weighted by atomic mass is 10.1. The van der Waals surface area contributed by atoms with Gasteiger partial charge in [-0.25, -0.2) is 4.98 Å². The summed E-state index contributed by atoms with van der Waals surface area (Å²) < 4.78 is 14.6. The SMILES string of the molecule is C/C=C\C(=C/C)CNc1cc(-c2c(OC)ccc(Br)c2OC)nc2c(Br)cnn12. The molecular weight excluding hydrogens is 500 g/mol. The standard InChI is InChI=1S/C21H22Br2N4O2/c1-5-7-13(6-2)11-24-18-10-16(26-21-15(23)12-25-27(18)21)19-17(28-3)9-8-14(22)20(19)29-4/h5-10,12,24H,11H2,1-4H3/b7-5-,13-6+. The number of methoxy groups -OCH3 is 2. The number of anilines is 1. The molecule has 0 spiro atoms. The molecule has 0 bridgehead atoms. The zero-order chi connectivity index (χ0) is 21.0. The van der Waals surface area contributed by atoms with E-state index in [-0.39, 0.29) is 0 Å². The molecule has 2 heterocycles. The lowest BCUT2D eigenvalue weighted by Crippen LogP contribution is -2.09. The Kier molecular flexibility index (Phi) is 6.97. The number of halogens is 2. The maximum absolute atomic E-state index is 5.64. The van der Waals surface area contributed by atoms with E-state index in [9.17, 15) is 0 Å². The minimum Gasteiger partial charge on any atom is -0.496 e. The number of nitrogens with zero attached hydrogens (tertiary/aromatic N) is 3. The van der Waals surface area contributed by atoms with Crippen LogP contribution in [0.15, 0.2) is 57.1 Å². The fraction of sp³-hybridized carbons (Fsp3) is 0.238. The monoisotopic (exact) mass is 520 g/mol. The number of ether oxygens (including phenoxy) is 2.